The number of ether oxygens (including phenoxy) is 1. The van der Waals surface area contributed by atoms with E-state index < -0.39 is 38.2 Å². The number of rotatable bonds is 7. The first-order chi connectivity index (χ1) is 23.6. The van der Waals surface area contributed by atoms with Gasteiger partial charge in [0.1, 0.15) is 6.10 Å². The minimum absolute atomic E-state index is 0.0963. The van der Waals surface area contributed by atoms with Crippen molar-refractivity contribution < 1.29 is 27.5 Å². The van der Waals surface area contributed by atoms with Gasteiger partial charge in [-0.05, 0) is 75.5 Å². The molecule has 7 rings (SSSR count). The highest BCUT2D eigenvalue weighted by atomic mass is 32.2. The Morgan fingerprint density at radius 1 is 1.02 bits per heavy atom. The summed E-state index contributed by atoms with van der Waals surface area (Å²) < 4.78 is 33.9. The molecular formula is C38H44N4O6S. The van der Waals surface area contributed by atoms with E-state index in [4.69, 9.17) is 4.74 Å². The van der Waals surface area contributed by atoms with E-state index in [9.17, 15) is 22.8 Å². The van der Waals surface area contributed by atoms with E-state index in [1.807, 2.05) is 60.7 Å². The molecule has 3 aromatic rings. The number of nitrogens with zero attached hydrogens (tertiary/aromatic N) is 3. The summed E-state index contributed by atoms with van der Waals surface area (Å²) in [6.45, 7) is 1.84. The van der Waals surface area contributed by atoms with Gasteiger partial charge in [-0.15, -0.1) is 0 Å². The number of hydrogen-bond acceptors (Lipinski definition) is 8. The van der Waals surface area contributed by atoms with Crippen LogP contribution in [0.25, 0.3) is 11.0 Å². The Morgan fingerprint density at radius 2 is 1.78 bits per heavy atom. The van der Waals surface area contributed by atoms with Crippen LogP contribution in [0.4, 0.5) is 0 Å². The molecule has 0 radical (unpaired) electrons. The maximum atomic E-state index is 14.5. The molecule has 2 saturated carbocycles. The van der Waals surface area contributed by atoms with Crippen molar-refractivity contribution in [2.75, 3.05) is 6.54 Å². The molecule has 5 atom stereocenters. The number of fused-ring (bicyclic) bond motifs is 3. The fourth-order valence-electron chi connectivity index (χ4n) is 7.49. The fourth-order valence-corrected chi connectivity index (χ4v) is 8.82. The van der Waals surface area contributed by atoms with Crippen molar-refractivity contribution >= 4 is 38.7 Å². The molecule has 3 heterocycles. The van der Waals surface area contributed by atoms with Gasteiger partial charge in [-0.3, -0.25) is 19.1 Å². The molecule has 3 fully saturated rings. The van der Waals surface area contributed by atoms with Crippen LogP contribution in [0.15, 0.2) is 72.9 Å². The fraction of sp³-hybridized carbons (Fsp3) is 0.500. The van der Waals surface area contributed by atoms with Crippen LogP contribution in [0.2, 0.25) is 0 Å². The lowest BCUT2D eigenvalue weighted by Gasteiger charge is -2.29. The molecule has 0 unspecified atom stereocenters. The first-order valence-electron chi connectivity index (χ1n) is 17.6. The Labute approximate surface area is 287 Å². The standard InChI is InChI=1S/C38H44N4O6S/c1-37(18-19-37)49(46,47)41-36(45)38-22-28(38)15-9-4-2-3-8-14-27(20-26-12-6-5-7-13-26)35(44)42-25-29(21-32(42)33(43)23-38)48-34-24-39-30-16-10-11-17-31(30)40-34/h5-7,9-13,15-17,24,27-29,32H,2-4,8,14,18-23,25H2,1H3,(H,41,45)/b15-9-/t27-,28+,29-,32+,38-/m1/s1. The van der Waals surface area contributed by atoms with Gasteiger partial charge >= 0.3 is 0 Å². The second-order valence-corrected chi connectivity index (χ2v) is 16.8. The molecule has 258 valence electrons. The van der Waals surface area contributed by atoms with Gasteiger partial charge < -0.3 is 9.64 Å². The number of benzene rings is 2. The number of sulfonamides is 1. The number of amides is 2. The van der Waals surface area contributed by atoms with Gasteiger partial charge in [-0.2, -0.15) is 0 Å². The third-order valence-corrected chi connectivity index (χ3v) is 13.2. The number of para-hydroxylation sites is 2. The summed E-state index contributed by atoms with van der Waals surface area (Å²) in [4.78, 5) is 53.5. The Hall–Kier alpha value is -4.12. The topological polar surface area (TPSA) is 136 Å². The van der Waals surface area contributed by atoms with E-state index >= 15 is 0 Å². The molecule has 11 heteroatoms. The summed E-state index contributed by atoms with van der Waals surface area (Å²) in [5.74, 6) is -1.23. The summed E-state index contributed by atoms with van der Waals surface area (Å²) in [6.07, 6.45) is 11.4. The number of aromatic nitrogens is 2. The highest BCUT2D eigenvalue weighted by Gasteiger charge is 2.62. The molecular weight excluding hydrogens is 641 g/mol. The maximum absolute atomic E-state index is 14.5. The normalized spacial score (nSPS) is 29.2. The smallest absolute Gasteiger partial charge is 0.240 e. The lowest BCUT2D eigenvalue weighted by Crippen LogP contribution is -2.47. The number of carbonyl (C=O) groups excluding carboxylic acids is 3. The van der Waals surface area contributed by atoms with Crippen LogP contribution in [-0.2, 0) is 30.8 Å². The largest absolute Gasteiger partial charge is 0.471 e. The molecule has 2 amide bonds. The summed E-state index contributed by atoms with van der Waals surface area (Å²) in [5.41, 5.74) is 1.30. The summed E-state index contributed by atoms with van der Waals surface area (Å²) in [7, 11) is -3.88. The van der Waals surface area contributed by atoms with Gasteiger partial charge in [-0.1, -0.05) is 67.5 Å². The van der Waals surface area contributed by atoms with Crippen LogP contribution in [-0.4, -0.2) is 64.3 Å². The van der Waals surface area contributed by atoms with Crippen LogP contribution in [0, 0.1) is 17.3 Å². The predicted octanol–water partition coefficient (Wildman–Crippen LogP) is 5.32. The molecule has 0 spiro atoms. The quantitative estimate of drug-likeness (QED) is 0.331. The Bertz CT molecular complexity index is 1880. The van der Waals surface area contributed by atoms with Crippen molar-refractivity contribution in [3.8, 4) is 5.88 Å². The summed E-state index contributed by atoms with van der Waals surface area (Å²) in [6, 6.07) is 16.6. The molecule has 0 bridgehead atoms. The number of carbonyl (C=O) groups is 3. The van der Waals surface area contributed by atoms with Gasteiger partial charge in [-0.25, -0.2) is 18.4 Å². The number of ketones is 1. The van der Waals surface area contributed by atoms with Crippen molar-refractivity contribution in [2.24, 2.45) is 17.3 Å². The summed E-state index contributed by atoms with van der Waals surface area (Å²) in [5, 5.41) is 0. The average molecular weight is 685 g/mol. The minimum Gasteiger partial charge on any atom is -0.471 e. The third kappa shape index (κ3) is 7.00. The van der Waals surface area contributed by atoms with Crippen molar-refractivity contribution in [3.63, 3.8) is 0 Å². The molecule has 1 aromatic heterocycles. The first kappa shape index (κ1) is 33.4. The Balaban J connectivity index is 1.18. The number of Topliss-reactive ketones (excluding diaryl/α,β-unsaturated/α-hetero) is 1. The highest BCUT2D eigenvalue weighted by Crippen LogP contribution is 2.57. The van der Waals surface area contributed by atoms with E-state index in [2.05, 4.69) is 20.8 Å². The van der Waals surface area contributed by atoms with Crippen LogP contribution in [0.5, 0.6) is 5.88 Å². The summed E-state index contributed by atoms with van der Waals surface area (Å²) >= 11 is 0. The van der Waals surface area contributed by atoms with Gasteiger partial charge in [0.05, 0.1) is 40.0 Å². The molecule has 2 aliphatic heterocycles. The second kappa shape index (κ2) is 13.3. The van der Waals surface area contributed by atoms with Crippen molar-refractivity contribution in [1.29, 1.82) is 0 Å². The van der Waals surface area contributed by atoms with E-state index in [1.165, 1.54) is 0 Å². The molecule has 1 N–H and O–H groups in total. The maximum Gasteiger partial charge on any atom is 0.240 e. The number of allylic oxidation sites excluding steroid dienone is 2. The second-order valence-electron chi connectivity index (χ2n) is 14.6. The Kier molecular flexibility index (Phi) is 9.06. The molecule has 10 nitrogen and oxygen atoms in total. The lowest BCUT2D eigenvalue weighted by atomic mass is 9.90. The number of hydrogen-bond donors (Lipinski definition) is 1. The van der Waals surface area contributed by atoms with Gasteiger partial charge in [0.2, 0.25) is 27.7 Å². The minimum atomic E-state index is -3.88. The van der Waals surface area contributed by atoms with E-state index in [0.29, 0.717) is 43.5 Å². The lowest BCUT2D eigenvalue weighted by molar-refractivity contribution is -0.142. The van der Waals surface area contributed by atoms with Crippen molar-refractivity contribution in [1.82, 2.24) is 19.6 Å². The highest BCUT2D eigenvalue weighted by molar-refractivity contribution is 7.91. The molecule has 2 aliphatic carbocycles. The van der Waals surface area contributed by atoms with E-state index in [-0.39, 0.29) is 42.9 Å². The molecule has 2 aromatic carbocycles. The van der Waals surface area contributed by atoms with Crippen LogP contribution in [0.1, 0.15) is 76.7 Å². The zero-order valence-electron chi connectivity index (χ0n) is 27.9. The van der Waals surface area contributed by atoms with Crippen LogP contribution >= 0.6 is 0 Å². The molecule has 4 aliphatic rings. The van der Waals surface area contributed by atoms with Crippen molar-refractivity contribution in [2.45, 2.75) is 94.4 Å². The molecule has 1 saturated heterocycles. The first-order valence-corrected chi connectivity index (χ1v) is 19.0. The predicted molar refractivity (Wildman–Crippen MR) is 185 cm³/mol. The van der Waals surface area contributed by atoms with Gasteiger partial charge in [0, 0.05) is 18.8 Å². The molecule has 49 heavy (non-hydrogen) atoms. The average Bonchev–Trinajstić information content (AvgIpc) is 3.97. The zero-order chi connectivity index (χ0) is 34.2. The van der Waals surface area contributed by atoms with E-state index in [0.717, 1.165) is 36.8 Å². The zero-order valence-corrected chi connectivity index (χ0v) is 28.7. The van der Waals surface area contributed by atoms with Gasteiger partial charge in [0.15, 0.2) is 5.78 Å². The van der Waals surface area contributed by atoms with Crippen LogP contribution < -0.4 is 9.46 Å². The SMILES string of the molecule is CC1(S(=O)(=O)NC(=O)[C@]23CC(=O)[C@@H]4C[C@@H](Oc5cnc6ccccc6n5)CN4C(=O)[C@@H](Cc4ccccc4)CCCCC/C=C\[C@H]2C3)CC1. The number of nitrogens with one attached hydrogen (secondary N) is 1. The van der Waals surface area contributed by atoms with E-state index in [1.54, 1.807) is 18.0 Å². The Morgan fingerprint density at radius 3 is 2.55 bits per heavy atom. The third-order valence-electron chi connectivity index (χ3n) is 11.0. The van der Waals surface area contributed by atoms with Crippen molar-refractivity contribution in [3.05, 3.63) is 78.5 Å². The monoisotopic (exact) mass is 684 g/mol. The van der Waals surface area contributed by atoms with Gasteiger partial charge in [0.25, 0.3) is 0 Å². The van der Waals surface area contributed by atoms with Crippen LogP contribution in [0.3, 0.4) is 0 Å².